The molecule has 0 unspecified atom stereocenters. The smallest absolute Gasteiger partial charge is 0.0102 e. The minimum Gasteiger partial charge on any atom is -0.0622 e. The second-order valence-electron chi connectivity index (χ2n) is 6.78. The maximum Gasteiger partial charge on any atom is -0.0102 e. The molecule has 0 fully saturated rings. The van der Waals surface area contributed by atoms with Crippen molar-refractivity contribution in [1.29, 1.82) is 0 Å². The minimum absolute atomic E-state index is 0.152. The van der Waals surface area contributed by atoms with E-state index in [0.29, 0.717) is 0 Å². The Kier molecular flexibility index (Phi) is 3.33. The standard InChI is InChI=1S/C21H22/c1-15-14-19(16-10-6-5-7-11-16)17-12-8-9-13-18(17)20(15)21(2,3)4/h5-14H,1-4H3. The second-order valence-corrected chi connectivity index (χ2v) is 6.78. The fraction of sp³-hybridized carbons (Fsp3) is 0.238. The Morgan fingerprint density at radius 3 is 1.90 bits per heavy atom. The highest BCUT2D eigenvalue weighted by Crippen LogP contribution is 2.38. The van der Waals surface area contributed by atoms with Crippen molar-refractivity contribution >= 4 is 10.8 Å². The summed E-state index contributed by atoms with van der Waals surface area (Å²) in [6.07, 6.45) is 0. The molecule has 0 aliphatic rings. The SMILES string of the molecule is Cc1cc(-c2ccccc2)c2ccccc2c1C(C)(C)C. The van der Waals surface area contributed by atoms with Crippen LogP contribution in [-0.2, 0) is 5.41 Å². The van der Waals surface area contributed by atoms with E-state index in [1.165, 1.54) is 33.0 Å². The first-order valence-corrected chi connectivity index (χ1v) is 7.57. The van der Waals surface area contributed by atoms with Crippen molar-refractivity contribution < 1.29 is 0 Å². The van der Waals surface area contributed by atoms with Gasteiger partial charge >= 0.3 is 0 Å². The van der Waals surface area contributed by atoms with Crippen LogP contribution in [0.15, 0.2) is 60.7 Å². The highest BCUT2D eigenvalue weighted by molar-refractivity contribution is 5.99. The summed E-state index contributed by atoms with van der Waals surface area (Å²) in [6.45, 7) is 9.12. The van der Waals surface area contributed by atoms with E-state index in [1.807, 2.05) is 0 Å². The number of hydrogen-bond donors (Lipinski definition) is 0. The molecule has 106 valence electrons. The largest absolute Gasteiger partial charge is 0.0622 e. The highest BCUT2D eigenvalue weighted by Gasteiger charge is 2.21. The number of aryl methyl sites for hydroxylation is 1. The van der Waals surface area contributed by atoms with Gasteiger partial charge in [-0.1, -0.05) is 81.4 Å². The summed E-state index contributed by atoms with van der Waals surface area (Å²) in [6, 6.07) is 21.8. The summed E-state index contributed by atoms with van der Waals surface area (Å²) >= 11 is 0. The van der Waals surface area contributed by atoms with Gasteiger partial charge in [0.15, 0.2) is 0 Å². The van der Waals surface area contributed by atoms with Gasteiger partial charge in [-0.15, -0.1) is 0 Å². The van der Waals surface area contributed by atoms with Crippen molar-refractivity contribution in [2.24, 2.45) is 0 Å². The molecule has 0 saturated heterocycles. The van der Waals surface area contributed by atoms with Crippen LogP contribution in [-0.4, -0.2) is 0 Å². The van der Waals surface area contributed by atoms with E-state index in [-0.39, 0.29) is 5.41 Å². The molecule has 0 radical (unpaired) electrons. The van der Waals surface area contributed by atoms with Gasteiger partial charge in [0.2, 0.25) is 0 Å². The van der Waals surface area contributed by atoms with E-state index < -0.39 is 0 Å². The third-order valence-corrected chi connectivity index (χ3v) is 4.08. The molecule has 0 atom stereocenters. The lowest BCUT2D eigenvalue weighted by atomic mass is 9.79. The van der Waals surface area contributed by atoms with Gasteiger partial charge < -0.3 is 0 Å². The number of benzene rings is 3. The van der Waals surface area contributed by atoms with Crippen LogP contribution in [0.4, 0.5) is 0 Å². The Morgan fingerprint density at radius 2 is 1.29 bits per heavy atom. The lowest BCUT2D eigenvalue weighted by Crippen LogP contribution is -2.14. The van der Waals surface area contributed by atoms with E-state index in [2.05, 4.69) is 88.4 Å². The molecular weight excluding hydrogens is 252 g/mol. The predicted octanol–water partition coefficient (Wildman–Crippen LogP) is 6.11. The maximum atomic E-state index is 2.35. The average Bonchev–Trinajstić information content (AvgIpc) is 2.46. The van der Waals surface area contributed by atoms with Crippen LogP contribution in [0, 0.1) is 6.92 Å². The molecule has 0 heteroatoms. The summed E-state index contributed by atoms with van der Waals surface area (Å²) in [7, 11) is 0. The summed E-state index contributed by atoms with van der Waals surface area (Å²) in [5.41, 5.74) is 5.60. The first kappa shape index (κ1) is 13.9. The van der Waals surface area contributed by atoms with Gasteiger partial charge in [0.05, 0.1) is 0 Å². The molecule has 0 spiro atoms. The van der Waals surface area contributed by atoms with E-state index in [1.54, 1.807) is 0 Å². The molecule has 0 aliphatic carbocycles. The number of rotatable bonds is 1. The Labute approximate surface area is 127 Å². The normalized spacial score (nSPS) is 11.8. The molecule has 3 aromatic carbocycles. The zero-order valence-electron chi connectivity index (χ0n) is 13.3. The van der Waals surface area contributed by atoms with Crippen LogP contribution in [0.3, 0.4) is 0 Å². The van der Waals surface area contributed by atoms with Gasteiger partial charge in [-0.05, 0) is 45.4 Å². The molecule has 0 nitrogen and oxygen atoms in total. The molecule has 3 aromatic rings. The zero-order chi connectivity index (χ0) is 15.0. The number of fused-ring (bicyclic) bond motifs is 1. The van der Waals surface area contributed by atoms with Gasteiger partial charge in [-0.2, -0.15) is 0 Å². The summed E-state index contributed by atoms with van der Waals surface area (Å²) < 4.78 is 0. The molecule has 0 aromatic heterocycles. The molecule has 0 saturated carbocycles. The van der Waals surface area contributed by atoms with Crippen molar-refractivity contribution in [3.8, 4) is 11.1 Å². The van der Waals surface area contributed by atoms with Crippen LogP contribution in [0.2, 0.25) is 0 Å². The topological polar surface area (TPSA) is 0 Å². The molecule has 3 rings (SSSR count). The highest BCUT2D eigenvalue weighted by atomic mass is 14.2. The third-order valence-electron chi connectivity index (χ3n) is 4.08. The van der Waals surface area contributed by atoms with Gasteiger partial charge in [0.1, 0.15) is 0 Å². The lowest BCUT2D eigenvalue weighted by molar-refractivity contribution is 0.592. The van der Waals surface area contributed by atoms with Crippen LogP contribution in [0.1, 0.15) is 31.9 Å². The van der Waals surface area contributed by atoms with Gasteiger partial charge in [-0.3, -0.25) is 0 Å². The van der Waals surface area contributed by atoms with Crippen molar-refractivity contribution in [2.75, 3.05) is 0 Å². The number of hydrogen-bond acceptors (Lipinski definition) is 0. The quantitative estimate of drug-likeness (QED) is 0.502. The fourth-order valence-electron chi connectivity index (χ4n) is 3.37. The van der Waals surface area contributed by atoms with Crippen molar-refractivity contribution in [3.63, 3.8) is 0 Å². The first-order valence-electron chi connectivity index (χ1n) is 7.57. The molecule has 0 bridgehead atoms. The third kappa shape index (κ3) is 2.47. The van der Waals surface area contributed by atoms with Crippen molar-refractivity contribution in [1.82, 2.24) is 0 Å². The maximum absolute atomic E-state index is 2.35. The Hall–Kier alpha value is -2.08. The van der Waals surface area contributed by atoms with E-state index in [4.69, 9.17) is 0 Å². The Balaban J connectivity index is 2.40. The molecule has 0 heterocycles. The first-order chi connectivity index (χ1) is 9.98. The van der Waals surface area contributed by atoms with E-state index in [0.717, 1.165) is 0 Å². The molecular formula is C21H22. The molecule has 21 heavy (non-hydrogen) atoms. The monoisotopic (exact) mass is 274 g/mol. The van der Waals surface area contributed by atoms with Gasteiger partial charge in [-0.25, -0.2) is 0 Å². The van der Waals surface area contributed by atoms with Crippen LogP contribution in [0.5, 0.6) is 0 Å². The summed E-state index contributed by atoms with van der Waals surface area (Å²) in [5.74, 6) is 0. The van der Waals surface area contributed by atoms with Crippen LogP contribution < -0.4 is 0 Å². The molecule has 0 N–H and O–H groups in total. The van der Waals surface area contributed by atoms with E-state index in [9.17, 15) is 0 Å². The minimum atomic E-state index is 0.152. The van der Waals surface area contributed by atoms with E-state index >= 15 is 0 Å². The van der Waals surface area contributed by atoms with Gasteiger partial charge in [0, 0.05) is 0 Å². The fourth-order valence-corrected chi connectivity index (χ4v) is 3.37. The summed E-state index contributed by atoms with van der Waals surface area (Å²) in [4.78, 5) is 0. The Bertz CT molecular complexity index is 774. The second kappa shape index (κ2) is 5.04. The van der Waals surface area contributed by atoms with Gasteiger partial charge in [0.25, 0.3) is 0 Å². The molecule has 0 amide bonds. The van der Waals surface area contributed by atoms with Crippen LogP contribution >= 0.6 is 0 Å². The predicted molar refractivity (Wildman–Crippen MR) is 92.8 cm³/mol. The average molecular weight is 274 g/mol. The lowest BCUT2D eigenvalue weighted by Gasteiger charge is -2.25. The zero-order valence-corrected chi connectivity index (χ0v) is 13.3. The van der Waals surface area contributed by atoms with Crippen molar-refractivity contribution in [3.05, 3.63) is 71.8 Å². The molecule has 0 aliphatic heterocycles. The van der Waals surface area contributed by atoms with Crippen LogP contribution in [0.25, 0.3) is 21.9 Å². The Morgan fingerprint density at radius 1 is 0.714 bits per heavy atom. The van der Waals surface area contributed by atoms with Crippen molar-refractivity contribution in [2.45, 2.75) is 33.1 Å². The summed E-state index contributed by atoms with van der Waals surface area (Å²) in [5, 5.41) is 2.73.